The zero-order valence-electron chi connectivity index (χ0n) is 12.8. The van der Waals surface area contributed by atoms with Crippen LogP contribution in [0.15, 0.2) is 0 Å². The number of aliphatic carboxylic acids is 1. The van der Waals surface area contributed by atoms with Crippen LogP contribution in [-0.4, -0.2) is 73.0 Å². The van der Waals surface area contributed by atoms with Crippen LogP contribution in [0, 0.1) is 5.92 Å². The van der Waals surface area contributed by atoms with Crippen LogP contribution < -0.4 is 0 Å². The predicted molar refractivity (Wildman–Crippen MR) is 78.9 cm³/mol. The first kappa shape index (κ1) is 17.7. The Morgan fingerprint density at radius 3 is 2.57 bits per heavy atom. The van der Waals surface area contributed by atoms with Gasteiger partial charge >= 0.3 is 12.0 Å². The summed E-state index contributed by atoms with van der Waals surface area (Å²) in [7, 11) is -1.61. The molecule has 1 rings (SSSR count). The summed E-state index contributed by atoms with van der Waals surface area (Å²) in [4.78, 5) is 26.2. The number of amides is 2. The lowest BCUT2D eigenvalue weighted by atomic mass is 10.1. The maximum absolute atomic E-state index is 12.4. The molecule has 122 valence electrons. The number of sulfone groups is 1. The minimum Gasteiger partial charge on any atom is -0.481 e. The van der Waals surface area contributed by atoms with Crippen LogP contribution in [0.1, 0.15) is 26.7 Å². The fourth-order valence-corrected chi connectivity index (χ4v) is 3.93. The molecule has 0 saturated carbocycles. The van der Waals surface area contributed by atoms with E-state index in [1.807, 2.05) is 13.8 Å². The largest absolute Gasteiger partial charge is 0.481 e. The molecular weight excluding hydrogens is 296 g/mol. The number of urea groups is 1. The summed E-state index contributed by atoms with van der Waals surface area (Å²) in [6.45, 7) is 4.69. The van der Waals surface area contributed by atoms with Gasteiger partial charge in [-0.2, -0.15) is 0 Å². The number of carbonyl (C=O) groups excluding carboxylic acids is 1. The van der Waals surface area contributed by atoms with E-state index in [0.717, 1.165) is 6.42 Å². The Morgan fingerprint density at radius 2 is 2.05 bits per heavy atom. The highest BCUT2D eigenvalue weighted by Gasteiger charge is 2.36. The normalized spacial score (nSPS) is 22.6. The van der Waals surface area contributed by atoms with E-state index < -0.39 is 21.8 Å². The molecule has 1 fully saturated rings. The molecule has 7 nitrogen and oxygen atoms in total. The molecule has 0 aromatic rings. The van der Waals surface area contributed by atoms with Crippen LogP contribution in [0.3, 0.4) is 0 Å². The highest BCUT2D eigenvalue weighted by atomic mass is 32.2. The molecular formula is C13H24N2O5S. The molecule has 0 aliphatic carbocycles. The van der Waals surface area contributed by atoms with E-state index in [1.54, 1.807) is 11.9 Å². The van der Waals surface area contributed by atoms with Gasteiger partial charge in [-0.1, -0.05) is 20.3 Å². The Labute approximate surface area is 125 Å². The van der Waals surface area contributed by atoms with Gasteiger partial charge in [0.15, 0.2) is 9.84 Å². The van der Waals surface area contributed by atoms with E-state index in [1.165, 1.54) is 4.90 Å². The summed E-state index contributed by atoms with van der Waals surface area (Å²) in [6, 6.07) is -1.08. The quantitative estimate of drug-likeness (QED) is 0.803. The fraction of sp³-hybridized carbons (Fsp3) is 0.846. The minimum absolute atomic E-state index is 0.0595. The van der Waals surface area contributed by atoms with E-state index in [9.17, 15) is 18.0 Å². The van der Waals surface area contributed by atoms with Crippen molar-refractivity contribution in [2.24, 2.45) is 5.92 Å². The lowest BCUT2D eigenvalue weighted by Crippen LogP contribution is -2.55. The summed E-state index contributed by atoms with van der Waals surface area (Å²) in [5.74, 6) is -1.14. The average molecular weight is 320 g/mol. The van der Waals surface area contributed by atoms with Gasteiger partial charge in [-0.25, -0.2) is 13.2 Å². The molecule has 1 saturated heterocycles. The lowest BCUT2D eigenvalue weighted by Gasteiger charge is -2.37. The van der Waals surface area contributed by atoms with Crippen molar-refractivity contribution in [2.45, 2.75) is 32.7 Å². The summed E-state index contributed by atoms with van der Waals surface area (Å²) in [5, 5.41) is 8.91. The van der Waals surface area contributed by atoms with Crippen LogP contribution >= 0.6 is 0 Å². The van der Waals surface area contributed by atoms with Gasteiger partial charge in [0.25, 0.3) is 0 Å². The summed E-state index contributed by atoms with van der Waals surface area (Å²) < 4.78 is 23.3. The topological polar surface area (TPSA) is 95.0 Å². The molecule has 21 heavy (non-hydrogen) atoms. The van der Waals surface area contributed by atoms with Gasteiger partial charge in [0.05, 0.1) is 24.0 Å². The van der Waals surface area contributed by atoms with Gasteiger partial charge in [0.1, 0.15) is 0 Å². The van der Waals surface area contributed by atoms with Gasteiger partial charge < -0.3 is 14.9 Å². The van der Waals surface area contributed by atoms with Crippen molar-refractivity contribution in [1.29, 1.82) is 0 Å². The number of hydrogen-bond donors (Lipinski definition) is 1. The molecule has 2 amide bonds. The van der Waals surface area contributed by atoms with Crippen LogP contribution in [0.4, 0.5) is 4.79 Å². The third-order valence-electron chi connectivity index (χ3n) is 3.80. The number of carboxylic acid groups (broad SMARTS) is 1. The molecule has 2 unspecified atom stereocenters. The van der Waals surface area contributed by atoms with E-state index in [4.69, 9.17) is 5.11 Å². The zero-order valence-corrected chi connectivity index (χ0v) is 13.6. The first-order chi connectivity index (χ1) is 9.66. The molecule has 1 N–H and O–H groups in total. The van der Waals surface area contributed by atoms with Crippen LogP contribution in [0.5, 0.6) is 0 Å². The third-order valence-corrected chi connectivity index (χ3v) is 5.49. The number of nitrogens with zero attached hydrogens (tertiary/aromatic N) is 2. The van der Waals surface area contributed by atoms with Crippen molar-refractivity contribution >= 4 is 21.8 Å². The molecule has 1 heterocycles. The Balaban J connectivity index is 2.81. The van der Waals surface area contributed by atoms with Crippen molar-refractivity contribution < 1.29 is 23.1 Å². The zero-order chi connectivity index (χ0) is 16.2. The van der Waals surface area contributed by atoms with Crippen molar-refractivity contribution in [1.82, 2.24) is 9.80 Å². The van der Waals surface area contributed by atoms with E-state index >= 15 is 0 Å². The molecule has 0 aromatic carbocycles. The average Bonchev–Trinajstić information content (AvgIpc) is 2.36. The second-order valence-electron chi connectivity index (χ2n) is 5.74. The van der Waals surface area contributed by atoms with Gasteiger partial charge in [0.2, 0.25) is 0 Å². The molecule has 0 bridgehead atoms. The minimum atomic E-state index is -3.27. The Bertz CT molecular complexity index is 491. The number of carboxylic acids is 1. The molecule has 2 atom stereocenters. The van der Waals surface area contributed by atoms with E-state index in [2.05, 4.69) is 0 Å². The Kier molecular flexibility index (Phi) is 6.00. The smallest absolute Gasteiger partial charge is 0.320 e. The van der Waals surface area contributed by atoms with E-state index in [0.29, 0.717) is 12.5 Å². The number of rotatable bonds is 5. The first-order valence-corrected chi connectivity index (χ1v) is 8.92. The molecule has 0 spiro atoms. The third kappa shape index (κ3) is 5.18. The second kappa shape index (κ2) is 7.11. The van der Waals surface area contributed by atoms with E-state index in [-0.39, 0.29) is 30.5 Å². The Morgan fingerprint density at radius 1 is 1.43 bits per heavy atom. The molecule has 8 heteroatoms. The lowest BCUT2D eigenvalue weighted by molar-refractivity contribution is -0.138. The summed E-state index contributed by atoms with van der Waals surface area (Å²) in [6.07, 6.45) is 0.590. The summed E-state index contributed by atoms with van der Waals surface area (Å²) in [5.41, 5.74) is 0. The van der Waals surface area contributed by atoms with Crippen molar-refractivity contribution in [3.05, 3.63) is 0 Å². The summed E-state index contributed by atoms with van der Waals surface area (Å²) >= 11 is 0. The van der Waals surface area contributed by atoms with Gasteiger partial charge in [-0.15, -0.1) is 0 Å². The highest BCUT2D eigenvalue weighted by molar-refractivity contribution is 7.91. The highest BCUT2D eigenvalue weighted by Crippen LogP contribution is 2.17. The van der Waals surface area contributed by atoms with Crippen molar-refractivity contribution in [2.75, 3.05) is 31.6 Å². The van der Waals surface area contributed by atoms with Crippen LogP contribution in [0.2, 0.25) is 0 Å². The maximum atomic E-state index is 12.4. The second-order valence-corrected chi connectivity index (χ2v) is 7.96. The Hall–Kier alpha value is -1.31. The molecule has 1 aliphatic heterocycles. The van der Waals surface area contributed by atoms with Gasteiger partial charge in [-0.05, 0) is 5.92 Å². The molecule has 0 aromatic heterocycles. The first-order valence-electron chi connectivity index (χ1n) is 7.10. The SMILES string of the molecule is CCC(C)CN(C)C(=O)N1CCS(=O)(=O)CC1CC(=O)O. The number of hydrogen-bond acceptors (Lipinski definition) is 4. The molecule has 1 aliphatic rings. The monoisotopic (exact) mass is 320 g/mol. The standard InChI is InChI=1S/C13H24N2O5S/c1-4-10(2)8-14(3)13(18)15-5-6-21(19,20)9-11(15)7-12(16)17/h10-11H,4-9H2,1-3H3,(H,16,17). The predicted octanol–water partition coefficient (Wildman–Crippen LogP) is 0.658. The number of carbonyl (C=O) groups is 2. The maximum Gasteiger partial charge on any atom is 0.320 e. The molecule has 0 radical (unpaired) electrons. The van der Waals surface area contributed by atoms with Crippen LogP contribution in [-0.2, 0) is 14.6 Å². The van der Waals surface area contributed by atoms with Crippen molar-refractivity contribution in [3.63, 3.8) is 0 Å². The van der Waals surface area contributed by atoms with Crippen molar-refractivity contribution in [3.8, 4) is 0 Å². The fourth-order valence-electron chi connectivity index (χ4n) is 2.40. The van der Waals surface area contributed by atoms with Gasteiger partial charge in [-0.3, -0.25) is 4.79 Å². The van der Waals surface area contributed by atoms with Gasteiger partial charge in [0, 0.05) is 20.1 Å². The van der Waals surface area contributed by atoms with Crippen LogP contribution in [0.25, 0.3) is 0 Å².